The summed E-state index contributed by atoms with van der Waals surface area (Å²) in [6.45, 7) is 0.558. The number of ether oxygens (including phenoxy) is 2. The van der Waals surface area contributed by atoms with Gasteiger partial charge in [-0.2, -0.15) is 0 Å². The number of rotatable bonds is 7. The number of methoxy groups -OCH3 is 1. The number of benzene rings is 3. The molecule has 0 bridgehead atoms. The second-order valence-corrected chi connectivity index (χ2v) is 9.73. The molecule has 38 heavy (non-hydrogen) atoms. The predicted molar refractivity (Wildman–Crippen MR) is 143 cm³/mol. The Morgan fingerprint density at radius 3 is 2.63 bits per heavy atom. The number of carbonyl (C=O) groups is 3. The molecule has 0 fully saturated rings. The maximum Gasteiger partial charge on any atom is 0.379 e. The van der Waals surface area contributed by atoms with Crippen molar-refractivity contribution in [2.75, 3.05) is 19.4 Å². The van der Waals surface area contributed by atoms with Gasteiger partial charge in [-0.1, -0.05) is 54.6 Å². The topological polar surface area (TPSA) is 112 Å². The normalized spacial score (nSPS) is 14.0. The van der Waals surface area contributed by atoms with Crippen molar-refractivity contribution in [3.63, 3.8) is 0 Å². The van der Waals surface area contributed by atoms with E-state index < -0.39 is 23.3 Å². The number of esters is 1. The van der Waals surface area contributed by atoms with E-state index in [9.17, 15) is 19.2 Å². The first-order valence-electron chi connectivity index (χ1n) is 11.9. The molecule has 3 aromatic carbocycles. The van der Waals surface area contributed by atoms with Crippen LogP contribution in [0.5, 0.6) is 5.75 Å². The van der Waals surface area contributed by atoms with E-state index in [2.05, 4.69) is 10.1 Å². The zero-order valence-electron chi connectivity index (χ0n) is 20.4. The minimum atomic E-state index is -0.957. The molecule has 0 saturated carbocycles. The molecule has 1 atom stereocenters. The fourth-order valence-electron chi connectivity index (χ4n) is 4.40. The van der Waals surface area contributed by atoms with Crippen molar-refractivity contribution < 1.29 is 28.3 Å². The zero-order valence-corrected chi connectivity index (χ0v) is 21.2. The Kier molecular flexibility index (Phi) is 7.28. The van der Waals surface area contributed by atoms with E-state index >= 15 is 0 Å². The standard InChI is InChI=1S/C29H23NO7S/c1-35-29(34)25(31)20-10-6-12-23-24(20)26(19-9-4-2-8-18(19)16-36-23)38-14-13-30-27(32)21-15-17-7-3-5-11-22(17)37-28(21)33/h2-12,15,26H,13-14,16H2,1H3,(H,30,32). The van der Waals surface area contributed by atoms with E-state index in [-0.39, 0.29) is 22.9 Å². The van der Waals surface area contributed by atoms with Gasteiger partial charge in [-0.3, -0.25) is 9.59 Å². The van der Waals surface area contributed by atoms with Crippen molar-refractivity contribution in [1.29, 1.82) is 0 Å². The van der Waals surface area contributed by atoms with Gasteiger partial charge in [0.2, 0.25) is 0 Å². The Morgan fingerprint density at radius 1 is 1.00 bits per heavy atom. The van der Waals surface area contributed by atoms with Gasteiger partial charge in [0.1, 0.15) is 23.5 Å². The van der Waals surface area contributed by atoms with Gasteiger partial charge in [0.05, 0.1) is 12.4 Å². The molecule has 0 spiro atoms. The number of nitrogens with one attached hydrogen (secondary N) is 1. The maximum atomic E-state index is 12.9. The summed E-state index contributed by atoms with van der Waals surface area (Å²) in [5, 5.41) is 3.08. The van der Waals surface area contributed by atoms with Gasteiger partial charge in [-0.15, -0.1) is 11.8 Å². The summed E-state index contributed by atoms with van der Waals surface area (Å²) >= 11 is 1.49. The second kappa shape index (κ2) is 10.9. The predicted octanol–water partition coefficient (Wildman–Crippen LogP) is 4.29. The van der Waals surface area contributed by atoms with E-state index in [0.29, 0.717) is 34.6 Å². The molecule has 0 radical (unpaired) electrons. The van der Waals surface area contributed by atoms with Gasteiger partial charge in [0.15, 0.2) is 0 Å². The number of carbonyl (C=O) groups excluding carboxylic acids is 3. The fourth-order valence-corrected chi connectivity index (χ4v) is 5.68. The molecule has 5 rings (SSSR count). The van der Waals surface area contributed by atoms with Gasteiger partial charge >= 0.3 is 11.6 Å². The maximum absolute atomic E-state index is 12.9. The monoisotopic (exact) mass is 529 g/mol. The van der Waals surface area contributed by atoms with Gasteiger partial charge in [-0.05, 0) is 29.3 Å². The Hall–Kier alpha value is -4.37. The summed E-state index contributed by atoms with van der Waals surface area (Å²) in [5.41, 5.74) is 2.33. The Bertz CT molecular complexity index is 1610. The highest BCUT2D eigenvalue weighted by Gasteiger charge is 2.31. The van der Waals surface area contributed by atoms with Crippen molar-refractivity contribution in [2.24, 2.45) is 0 Å². The minimum absolute atomic E-state index is 0.0711. The molecule has 192 valence electrons. The van der Waals surface area contributed by atoms with Crippen LogP contribution in [-0.2, 0) is 16.1 Å². The third-order valence-electron chi connectivity index (χ3n) is 6.22. The van der Waals surface area contributed by atoms with Crippen LogP contribution in [0, 0.1) is 0 Å². The van der Waals surface area contributed by atoms with Crippen LogP contribution in [0.25, 0.3) is 11.0 Å². The number of para-hydroxylation sites is 1. The average Bonchev–Trinajstić information content (AvgIpc) is 3.10. The lowest BCUT2D eigenvalue weighted by atomic mass is 9.94. The van der Waals surface area contributed by atoms with Crippen LogP contribution in [0.4, 0.5) is 0 Å². The number of ketones is 1. The van der Waals surface area contributed by atoms with E-state index in [1.807, 2.05) is 24.3 Å². The first kappa shape index (κ1) is 25.3. The lowest BCUT2D eigenvalue weighted by Crippen LogP contribution is -2.30. The number of hydrogen-bond acceptors (Lipinski definition) is 8. The lowest BCUT2D eigenvalue weighted by Gasteiger charge is -2.21. The van der Waals surface area contributed by atoms with Gasteiger partial charge < -0.3 is 19.2 Å². The van der Waals surface area contributed by atoms with Crippen LogP contribution in [0.2, 0.25) is 0 Å². The van der Waals surface area contributed by atoms with Crippen LogP contribution in [0.1, 0.15) is 42.7 Å². The molecule has 2 heterocycles. The molecule has 9 heteroatoms. The molecule has 1 N–H and O–H groups in total. The SMILES string of the molecule is COC(=O)C(=O)c1cccc2c1C(SCCNC(=O)c1cc3ccccc3oc1=O)c1ccccc1CO2. The van der Waals surface area contributed by atoms with Gasteiger partial charge in [0.25, 0.3) is 11.7 Å². The highest BCUT2D eigenvalue weighted by atomic mass is 32.2. The first-order chi connectivity index (χ1) is 18.5. The van der Waals surface area contributed by atoms with Gasteiger partial charge in [-0.25, -0.2) is 9.59 Å². The lowest BCUT2D eigenvalue weighted by molar-refractivity contribution is -0.135. The van der Waals surface area contributed by atoms with E-state index in [4.69, 9.17) is 9.15 Å². The summed E-state index contributed by atoms with van der Waals surface area (Å²) in [6, 6.07) is 21.3. The number of fused-ring (bicyclic) bond motifs is 3. The van der Waals surface area contributed by atoms with E-state index in [0.717, 1.165) is 11.1 Å². The molecule has 1 aromatic heterocycles. The summed E-state index contributed by atoms with van der Waals surface area (Å²) < 4.78 is 16.0. The largest absolute Gasteiger partial charge is 0.489 e. The van der Waals surface area contributed by atoms with Gasteiger partial charge in [0, 0.05) is 28.8 Å². The molecule has 0 aliphatic carbocycles. The average molecular weight is 530 g/mol. The number of hydrogen-bond donors (Lipinski definition) is 1. The van der Waals surface area contributed by atoms with Crippen molar-refractivity contribution in [1.82, 2.24) is 5.32 Å². The van der Waals surface area contributed by atoms with Crippen LogP contribution >= 0.6 is 11.8 Å². The molecule has 1 unspecified atom stereocenters. The summed E-state index contributed by atoms with van der Waals surface area (Å²) in [6.07, 6.45) is 0. The summed E-state index contributed by atoms with van der Waals surface area (Å²) in [5.74, 6) is -1.29. The smallest absolute Gasteiger partial charge is 0.379 e. The molecular weight excluding hydrogens is 506 g/mol. The highest BCUT2D eigenvalue weighted by molar-refractivity contribution is 7.99. The van der Waals surface area contributed by atoms with E-state index in [1.54, 1.807) is 42.5 Å². The molecule has 4 aromatic rings. The highest BCUT2D eigenvalue weighted by Crippen LogP contribution is 2.45. The number of thioether (sulfide) groups is 1. The summed E-state index contributed by atoms with van der Waals surface area (Å²) in [7, 11) is 1.17. The number of Topliss-reactive ketones (excluding diaryl/α,β-unsaturated/α-hetero) is 1. The van der Waals surface area contributed by atoms with Crippen molar-refractivity contribution in [3.05, 3.63) is 111 Å². The van der Waals surface area contributed by atoms with Crippen LogP contribution in [0.15, 0.2) is 82.0 Å². The first-order valence-corrected chi connectivity index (χ1v) is 12.9. The van der Waals surface area contributed by atoms with Crippen molar-refractivity contribution in [2.45, 2.75) is 11.9 Å². The minimum Gasteiger partial charge on any atom is -0.489 e. The third-order valence-corrected chi connectivity index (χ3v) is 7.49. The Balaban J connectivity index is 1.39. The molecule has 1 aliphatic rings. The number of amides is 1. The fraction of sp³-hybridized carbons (Fsp3) is 0.172. The molecule has 1 aliphatic heterocycles. The second-order valence-electron chi connectivity index (χ2n) is 8.52. The van der Waals surface area contributed by atoms with Crippen LogP contribution in [0.3, 0.4) is 0 Å². The molecule has 8 nitrogen and oxygen atoms in total. The Labute approximate surface area is 221 Å². The molecule has 1 amide bonds. The van der Waals surface area contributed by atoms with Crippen LogP contribution < -0.4 is 15.7 Å². The van der Waals surface area contributed by atoms with Crippen LogP contribution in [-0.4, -0.2) is 37.1 Å². The summed E-state index contributed by atoms with van der Waals surface area (Å²) in [4.78, 5) is 50.1. The quantitative estimate of drug-likeness (QED) is 0.124. The van der Waals surface area contributed by atoms with Crippen molar-refractivity contribution in [3.8, 4) is 5.75 Å². The third kappa shape index (κ3) is 4.92. The van der Waals surface area contributed by atoms with Crippen molar-refractivity contribution >= 4 is 40.4 Å². The molecular formula is C29H23NO7S. The van der Waals surface area contributed by atoms with E-state index in [1.165, 1.54) is 24.9 Å². The Morgan fingerprint density at radius 2 is 1.79 bits per heavy atom. The molecule has 0 saturated heterocycles. The zero-order chi connectivity index (χ0) is 26.6.